The molecule has 25 heavy (non-hydrogen) atoms. The molecule has 0 radical (unpaired) electrons. The molecule has 3 rings (SSSR count). The first kappa shape index (κ1) is 17.3. The number of benzene rings is 1. The molecule has 1 aliphatic carbocycles. The number of nitrogens with zero attached hydrogens (tertiary/aromatic N) is 4. The Bertz CT molecular complexity index is 712. The molecule has 0 saturated heterocycles. The van der Waals surface area contributed by atoms with Gasteiger partial charge >= 0.3 is 6.09 Å². The molecule has 0 bridgehead atoms. The SMILES string of the molecule is CC(C)(C)OC(=O)NC1CCCC1c1nnc(-c2ccccc2)nn1. The van der Waals surface area contributed by atoms with Crippen molar-refractivity contribution in [3.8, 4) is 11.4 Å². The second kappa shape index (κ2) is 7.13. The summed E-state index contributed by atoms with van der Waals surface area (Å²) in [6, 6.07) is 9.56. The van der Waals surface area contributed by atoms with Crippen LogP contribution >= 0.6 is 0 Å². The van der Waals surface area contributed by atoms with Crippen LogP contribution in [-0.2, 0) is 4.74 Å². The molecule has 7 heteroatoms. The summed E-state index contributed by atoms with van der Waals surface area (Å²) < 4.78 is 5.34. The summed E-state index contributed by atoms with van der Waals surface area (Å²) in [5.41, 5.74) is 0.360. The molecule has 1 aliphatic rings. The Morgan fingerprint density at radius 2 is 1.76 bits per heavy atom. The molecule has 2 atom stereocenters. The van der Waals surface area contributed by atoms with Gasteiger partial charge in [0.25, 0.3) is 0 Å². The number of aromatic nitrogens is 4. The zero-order chi connectivity index (χ0) is 17.9. The molecule has 7 nitrogen and oxygen atoms in total. The predicted molar refractivity (Wildman–Crippen MR) is 92.8 cm³/mol. The monoisotopic (exact) mass is 341 g/mol. The highest BCUT2D eigenvalue weighted by Gasteiger charge is 2.33. The molecule has 1 fully saturated rings. The van der Waals surface area contributed by atoms with E-state index in [1.54, 1.807) is 0 Å². The molecule has 1 heterocycles. The van der Waals surface area contributed by atoms with Crippen molar-refractivity contribution < 1.29 is 9.53 Å². The number of alkyl carbamates (subject to hydrolysis) is 1. The van der Waals surface area contributed by atoms with Crippen LogP contribution in [0.15, 0.2) is 30.3 Å². The fourth-order valence-corrected chi connectivity index (χ4v) is 2.99. The van der Waals surface area contributed by atoms with Gasteiger partial charge < -0.3 is 10.1 Å². The minimum atomic E-state index is -0.519. The zero-order valence-corrected chi connectivity index (χ0v) is 14.8. The van der Waals surface area contributed by atoms with Gasteiger partial charge in [0.15, 0.2) is 5.82 Å². The predicted octanol–water partition coefficient (Wildman–Crippen LogP) is 3.09. The number of hydrogen-bond acceptors (Lipinski definition) is 6. The van der Waals surface area contributed by atoms with Crippen LogP contribution in [0.3, 0.4) is 0 Å². The molecule has 132 valence electrons. The van der Waals surface area contributed by atoms with E-state index in [-0.39, 0.29) is 12.0 Å². The maximum Gasteiger partial charge on any atom is 0.407 e. The van der Waals surface area contributed by atoms with Crippen LogP contribution < -0.4 is 5.32 Å². The van der Waals surface area contributed by atoms with Crippen LogP contribution in [0.25, 0.3) is 11.4 Å². The van der Waals surface area contributed by atoms with Crippen molar-refractivity contribution in [3.63, 3.8) is 0 Å². The van der Waals surface area contributed by atoms with Gasteiger partial charge in [-0.25, -0.2) is 4.79 Å². The van der Waals surface area contributed by atoms with Gasteiger partial charge in [-0.05, 0) is 33.6 Å². The first-order chi connectivity index (χ1) is 11.9. The van der Waals surface area contributed by atoms with Gasteiger partial charge in [0.05, 0.1) is 0 Å². The lowest BCUT2D eigenvalue weighted by Crippen LogP contribution is -2.40. The van der Waals surface area contributed by atoms with E-state index >= 15 is 0 Å². The molecule has 1 N–H and O–H groups in total. The largest absolute Gasteiger partial charge is 0.444 e. The van der Waals surface area contributed by atoms with E-state index in [2.05, 4.69) is 25.7 Å². The van der Waals surface area contributed by atoms with Crippen LogP contribution in [0.1, 0.15) is 51.8 Å². The topological polar surface area (TPSA) is 89.9 Å². The van der Waals surface area contributed by atoms with Gasteiger partial charge in [0.1, 0.15) is 5.60 Å². The minimum absolute atomic E-state index is 0.0114. The maximum absolute atomic E-state index is 12.0. The van der Waals surface area contributed by atoms with Crippen molar-refractivity contribution in [2.75, 3.05) is 0 Å². The lowest BCUT2D eigenvalue weighted by Gasteiger charge is -2.23. The van der Waals surface area contributed by atoms with Crippen molar-refractivity contribution >= 4 is 6.09 Å². The van der Waals surface area contributed by atoms with Crippen molar-refractivity contribution in [1.29, 1.82) is 0 Å². The molecule has 2 aromatic rings. The minimum Gasteiger partial charge on any atom is -0.444 e. The Balaban J connectivity index is 1.69. The van der Waals surface area contributed by atoms with Crippen molar-refractivity contribution in [1.82, 2.24) is 25.7 Å². The van der Waals surface area contributed by atoms with Crippen molar-refractivity contribution in [2.45, 2.75) is 57.6 Å². The number of carbonyl (C=O) groups is 1. The number of rotatable bonds is 3. The average Bonchev–Trinajstić information content (AvgIpc) is 3.02. The van der Waals surface area contributed by atoms with Gasteiger partial charge in [-0.15, -0.1) is 20.4 Å². The van der Waals surface area contributed by atoms with Crippen LogP contribution in [0.5, 0.6) is 0 Å². The lowest BCUT2D eigenvalue weighted by molar-refractivity contribution is 0.0500. The second-order valence-electron chi connectivity index (χ2n) is 7.24. The highest BCUT2D eigenvalue weighted by Crippen LogP contribution is 2.32. The molecular weight excluding hydrogens is 318 g/mol. The van der Waals surface area contributed by atoms with Crippen molar-refractivity contribution in [3.05, 3.63) is 36.2 Å². The van der Waals surface area contributed by atoms with E-state index < -0.39 is 11.7 Å². The lowest BCUT2D eigenvalue weighted by atomic mass is 10.0. The summed E-state index contributed by atoms with van der Waals surface area (Å²) in [7, 11) is 0. The first-order valence-electron chi connectivity index (χ1n) is 8.54. The highest BCUT2D eigenvalue weighted by molar-refractivity contribution is 5.68. The Hall–Kier alpha value is -2.57. The zero-order valence-electron chi connectivity index (χ0n) is 14.8. The first-order valence-corrected chi connectivity index (χ1v) is 8.54. The molecule has 1 aromatic heterocycles. The van der Waals surface area contributed by atoms with Gasteiger partial charge in [0, 0.05) is 17.5 Å². The Kier molecular flexibility index (Phi) is 4.92. The third-order valence-corrected chi connectivity index (χ3v) is 4.08. The van der Waals surface area contributed by atoms with Crippen LogP contribution in [0, 0.1) is 0 Å². The Morgan fingerprint density at radius 1 is 1.08 bits per heavy atom. The van der Waals surface area contributed by atoms with Crippen molar-refractivity contribution in [2.24, 2.45) is 0 Å². The molecule has 1 aromatic carbocycles. The second-order valence-corrected chi connectivity index (χ2v) is 7.24. The highest BCUT2D eigenvalue weighted by atomic mass is 16.6. The van der Waals surface area contributed by atoms with Crippen LogP contribution in [-0.4, -0.2) is 38.1 Å². The third-order valence-electron chi connectivity index (χ3n) is 4.08. The number of ether oxygens (including phenoxy) is 1. The summed E-state index contributed by atoms with van der Waals surface area (Å²) in [5.74, 6) is 1.08. The summed E-state index contributed by atoms with van der Waals surface area (Å²) in [6.07, 6.45) is 2.35. The Labute approximate surface area is 147 Å². The van der Waals surface area contributed by atoms with Gasteiger partial charge in [-0.1, -0.05) is 36.8 Å². The molecule has 0 aliphatic heterocycles. The third kappa shape index (κ3) is 4.49. The van der Waals surface area contributed by atoms with Gasteiger partial charge in [-0.2, -0.15) is 0 Å². The Morgan fingerprint density at radius 3 is 2.40 bits per heavy atom. The van der Waals surface area contributed by atoms with Gasteiger partial charge in [0.2, 0.25) is 5.82 Å². The van der Waals surface area contributed by atoms with E-state index in [1.807, 2.05) is 51.1 Å². The summed E-state index contributed by atoms with van der Waals surface area (Å²) in [6.45, 7) is 5.54. The normalized spacial score (nSPS) is 20.3. The van der Waals surface area contributed by atoms with Gasteiger partial charge in [-0.3, -0.25) is 0 Å². The average molecular weight is 341 g/mol. The smallest absolute Gasteiger partial charge is 0.407 e. The molecule has 1 amide bonds. The molecule has 1 saturated carbocycles. The molecular formula is C18H23N5O2. The van der Waals surface area contributed by atoms with E-state index in [4.69, 9.17) is 4.74 Å². The summed E-state index contributed by atoms with van der Waals surface area (Å²) in [5, 5.41) is 19.8. The summed E-state index contributed by atoms with van der Waals surface area (Å²) in [4.78, 5) is 12.0. The fraction of sp³-hybridized carbons (Fsp3) is 0.500. The standard InChI is InChI=1S/C18H23N5O2/c1-18(2,3)25-17(24)19-14-11-7-10-13(14)16-22-20-15(21-23-16)12-8-5-4-6-9-12/h4-6,8-9,13-14H,7,10-11H2,1-3H3,(H,19,24). The number of amides is 1. The summed E-state index contributed by atoms with van der Waals surface area (Å²) >= 11 is 0. The van der Waals surface area contributed by atoms with E-state index in [9.17, 15) is 4.79 Å². The molecule has 2 unspecified atom stereocenters. The number of hydrogen-bond donors (Lipinski definition) is 1. The van der Waals surface area contributed by atoms with E-state index in [1.165, 1.54) is 0 Å². The van der Waals surface area contributed by atoms with Crippen LogP contribution in [0.4, 0.5) is 4.79 Å². The van der Waals surface area contributed by atoms with E-state index in [0.717, 1.165) is 24.8 Å². The molecule has 0 spiro atoms. The number of carbonyl (C=O) groups excluding carboxylic acids is 1. The van der Waals surface area contributed by atoms with E-state index in [0.29, 0.717) is 11.6 Å². The maximum atomic E-state index is 12.0. The van der Waals surface area contributed by atoms with Crippen LogP contribution in [0.2, 0.25) is 0 Å². The fourth-order valence-electron chi connectivity index (χ4n) is 2.99. The quantitative estimate of drug-likeness (QED) is 0.922. The number of nitrogens with one attached hydrogen (secondary N) is 1.